The number of ether oxygens (including phenoxy) is 1. The van der Waals surface area contributed by atoms with Crippen LogP contribution in [0.5, 0.6) is 0 Å². The summed E-state index contributed by atoms with van der Waals surface area (Å²) in [7, 11) is 0. The second-order valence-corrected chi connectivity index (χ2v) is 5.97. The highest BCUT2D eigenvalue weighted by Crippen LogP contribution is 2.38. The van der Waals surface area contributed by atoms with Crippen molar-refractivity contribution in [3.8, 4) is 11.5 Å². The summed E-state index contributed by atoms with van der Waals surface area (Å²) in [4.78, 5) is 12.5. The molecule has 1 saturated heterocycles. The average Bonchev–Trinajstić information content (AvgIpc) is 3.26. The predicted molar refractivity (Wildman–Crippen MR) is 80.9 cm³/mol. The van der Waals surface area contributed by atoms with E-state index in [4.69, 9.17) is 14.9 Å². The molecule has 0 unspecified atom stereocenters. The highest BCUT2D eigenvalue weighted by atomic mass is 32.2. The van der Waals surface area contributed by atoms with Crippen LogP contribution in [0.25, 0.3) is 22.5 Å². The summed E-state index contributed by atoms with van der Waals surface area (Å²) in [5.74, 6) is 1.53. The highest BCUT2D eigenvalue weighted by molar-refractivity contribution is 8.00. The van der Waals surface area contributed by atoms with E-state index in [0.717, 1.165) is 5.56 Å². The molecule has 0 spiro atoms. The number of hydrogen-bond acceptors (Lipinski definition) is 8. The van der Waals surface area contributed by atoms with Crippen LogP contribution in [-0.2, 0) is 4.74 Å². The quantitative estimate of drug-likeness (QED) is 0.741. The molecule has 3 aromatic rings. The van der Waals surface area contributed by atoms with E-state index in [0.29, 0.717) is 28.5 Å². The summed E-state index contributed by atoms with van der Waals surface area (Å²) in [5, 5.41) is 9.90. The fraction of sp³-hybridized carbons (Fsp3) is 0.308. The van der Waals surface area contributed by atoms with Gasteiger partial charge in [0, 0.05) is 11.9 Å². The number of nitrogens with zero attached hydrogens (tertiary/aromatic N) is 4. The topological polar surface area (TPSA) is 112 Å². The van der Waals surface area contributed by atoms with Crippen LogP contribution in [0.2, 0.25) is 0 Å². The molecule has 1 aliphatic rings. The standard InChI is InChI=1S/C13H13N5O3S/c14-11-10-7(13-15-1-2-20-13)3-18(12(10)17-6-16-11)8-5-22-9(4-19)21-8/h1-3,6,8-9,19H,4-5H2,(H2,14,16,17)/t8-,9+/m1/s1. The first-order chi connectivity index (χ1) is 10.8. The summed E-state index contributed by atoms with van der Waals surface area (Å²) in [6.07, 6.45) is 6.11. The van der Waals surface area contributed by atoms with Gasteiger partial charge >= 0.3 is 0 Å². The Kier molecular flexibility index (Phi) is 3.25. The molecule has 9 heteroatoms. The number of hydrogen-bond donors (Lipinski definition) is 2. The average molecular weight is 319 g/mol. The van der Waals surface area contributed by atoms with E-state index >= 15 is 0 Å². The Bertz CT molecular complexity index is 803. The largest absolute Gasteiger partial charge is 0.444 e. The Morgan fingerprint density at radius 3 is 3.05 bits per heavy atom. The molecule has 4 heterocycles. The zero-order valence-corrected chi connectivity index (χ0v) is 12.2. The van der Waals surface area contributed by atoms with E-state index in [1.165, 1.54) is 12.6 Å². The van der Waals surface area contributed by atoms with Crippen LogP contribution in [0.1, 0.15) is 6.23 Å². The Morgan fingerprint density at radius 1 is 1.41 bits per heavy atom. The van der Waals surface area contributed by atoms with Crippen molar-refractivity contribution in [3.05, 3.63) is 25.0 Å². The van der Waals surface area contributed by atoms with E-state index in [2.05, 4.69) is 15.0 Å². The van der Waals surface area contributed by atoms with Gasteiger partial charge in [0.1, 0.15) is 35.7 Å². The first-order valence-electron chi connectivity index (χ1n) is 6.66. The first kappa shape index (κ1) is 13.6. The van der Waals surface area contributed by atoms with Crippen molar-refractivity contribution in [2.75, 3.05) is 18.1 Å². The van der Waals surface area contributed by atoms with Crippen molar-refractivity contribution in [1.82, 2.24) is 19.5 Å². The van der Waals surface area contributed by atoms with Crippen LogP contribution in [0.3, 0.4) is 0 Å². The van der Waals surface area contributed by atoms with Gasteiger partial charge in [-0.1, -0.05) is 0 Å². The van der Waals surface area contributed by atoms with E-state index in [1.807, 2.05) is 10.8 Å². The zero-order chi connectivity index (χ0) is 15.1. The van der Waals surface area contributed by atoms with Gasteiger partial charge < -0.3 is 24.6 Å². The maximum Gasteiger partial charge on any atom is 0.228 e. The smallest absolute Gasteiger partial charge is 0.228 e. The third kappa shape index (κ3) is 2.05. The minimum absolute atomic E-state index is 0.0237. The summed E-state index contributed by atoms with van der Waals surface area (Å²) >= 11 is 1.56. The van der Waals surface area contributed by atoms with Crippen LogP contribution in [-0.4, -0.2) is 42.4 Å². The molecular weight excluding hydrogens is 306 g/mol. The summed E-state index contributed by atoms with van der Waals surface area (Å²) < 4.78 is 13.1. The van der Waals surface area contributed by atoms with Gasteiger partial charge in [-0.2, -0.15) is 0 Å². The predicted octanol–water partition coefficient (Wildman–Crippen LogP) is 1.25. The van der Waals surface area contributed by atoms with Gasteiger partial charge in [0.05, 0.1) is 23.8 Å². The molecule has 2 atom stereocenters. The Morgan fingerprint density at radius 2 is 2.32 bits per heavy atom. The third-order valence-electron chi connectivity index (χ3n) is 3.49. The van der Waals surface area contributed by atoms with Gasteiger partial charge in [0.25, 0.3) is 0 Å². The monoisotopic (exact) mass is 319 g/mol. The van der Waals surface area contributed by atoms with Crippen molar-refractivity contribution < 1.29 is 14.3 Å². The molecule has 0 amide bonds. The lowest BCUT2D eigenvalue weighted by Gasteiger charge is -2.13. The van der Waals surface area contributed by atoms with E-state index in [9.17, 15) is 5.11 Å². The number of oxazole rings is 1. The number of fused-ring (bicyclic) bond motifs is 1. The van der Waals surface area contributed by atoms with Gasteiger partial charge in [-0.15, -0.1) is 11.8 Å². The molecule has 0 saturated carbocycles. The van der Waals surface area contributed by atoms with Gasteiger partial charge in [0.2, 0.25) is 5.89 Å². The van der Waals surface area contributed by atoms with Crippen LogP contribution in [0.4, 0.5) is 5.82 Å². The SMILES string of the molecule is Nc1ncnc2c1c(-c1ncco1)cn2[C@H]1CS[C@@H](CO)O1. The summed E-state index contributed by atoms with van der Waals surface area (Å²) in [6, 6.07) is 0. The highest BCUT2D eigenvalue weighted by Gasteiger charge is 2.29. The second kappa shape index (κ2) is 5.27. The number of nitrogen functional groups attached to an aromatic ring is 1. The maximum absolute atomic E-state index is 9.22. The summed E-state index contributed by atoms with van der Waals surface area (Å²) in [6.45, 7) is -0.0237. The van der Waals surface area contributed by atoms with E-state index in [-0.39, 0.29) is 18.3 Å². The van der Waals surface area contributed by atoms with Crippen LogP contribution in [0, 0.1) is 0 Å². The summed E-state index contributed by atoms with van der Waals surface area (Å²) in [5.41, 5.74) is 7.16. The lowest BCUT2D eigenvalue weighted by molar-refractivity contribution is -0.00158. The van der Waals surface area contributed by atoms with Gasteiger partial charge in [-0.3, -0.25) is 0 Å². The molecule has 8 nitrogen and oxygen atoms in total. The maximum atomic E-state index is 9.22. The van der Waals surface area contributed by atoms with Crippen molar-refractivity contribution in [3.63, 3.8) is 0 Å². The van der Waals surface area contributed by atoms with Gasteiger partial charge in [-0.25, -0.2) is 15.0 Å². The number of aliphatic hydroxyl groups excluding tert-OH is 1. The van der Waals surface area contributed by atoms with Crippen LogP contribution < -0.4 is 5.73 Å². The molecular formula is C13H13N5O3S. The Balaban J connectivity index is 1.88. The number of thioether (sulfide) groups is 1. The van der Waals surface area contributed by atoms with Gasteiger partial charge in [0.15, 0.2) is 0 Å². The number of aliphatic hydroxyl groups is 1. The minimum Gasteiger partial charge on any atom is -0.444 e. The molecule has 3 N–H and O–H groups in total. The fourth-order valence-electron chi connectivity index (χ4n) is 2.53. The van der Waals surface area contributed by atoms with Crippen LogP contribution >= 0.6 is 11.8 Å². The molecule has 0 bridgehead atoms. The number of nitrogens with two attached hydrogens (primary N) is 1. The van der Waals surface area contributed by atoms with E-state index in [1.54, 1.807) is 18.0 Å². The van der Waals surface area contributed by atoms with Gasteiger partial charge in [-0.05, 0) is 0 Å². The molecule has 0 aromatic carbocycles. The Labute approximate surface area is 129 Å². The third-order valence-corrected chi connectivity index (χ3v) is 4.60. The fourth-order valence-corrected chi connectivity index (χ4v) is 3.46. The van der Waals surface area contributed by atoms with Crippen molar-refractivity contribution in [2.45, 2.75) is 11.7 Å². The second-order valence-electron chi connectivity index (χ2n) is 4.78. The molecule has 0 aliphatic carbocycles. The van der Waals surface area contributed by atoms with Crippen molar-refractivity contribution >= 4 is 28.6 Å². The molecule has 22 heavy (non-hydrogen) atoms. The zero-order valence-electron chi connectivity index (χ0n) is 11.4. The molecule has 3 aromatic heterocycles. The number of anilines is 1. The van der Waals surface area contributed by atoms with Crippen molar-refractivity contribution in [2.24, 2.45) is 0 Å². The van der Waals surface area contributed by atoms with Crippen LogP contribution in [0.15, 0.2) is 29.4 Å². The first-order valence-corrected chi connectivity index (χ1v) is 7.71. The molecule has 1 aliphatic heterocycles. The number of rotatable bonds is 3. The molecule has 4 rings (SSSR count). The lowest BCUT2D eigenvalue weighted by atomic mass is 10.2. The molecule has 0 radical (unpaired) electrons. The molecule has 1 fully saturated rings. The lowest BCUT2D eigenvalue weighted by Crippen LogP contribution is -2.14. The molecule has 114 valence electrons. The Hall–Kier alpha value is -2.10. The van der Waals surface area contributed by atoms with Crippen molar-refractivity contribution in [1.29, 1.82) is 0 Å². The normalized spacial score (nSPS) is 21.7. The number of aromatic nitrogens is 4. The van der Waals surface area contributed by atoms with E-state index < -0.39 is 0 Å². The minimum atomic E-state index is -0.234.